The Bertz CT molecular complexity index is 443. The summed E-state index contributed by atoms with van der Waals surface area (Å²) in [5.41, 5.74) is 4.67. The summed E-state index contributed by atoms with van der Waals surface area (Å²) in [6.45, 7) is 5.31. The van der Waals surface area contributed by atoms with Gasteiger partial charge in [0, 0.05) is 18.8 Å². The Hall–Kier alpha value is -1.06. The number of hydrogen-bond acceptors (Lipinski definition) is 5. The van der Waals surface area contributed by atoms with E-state index in [4.69, 9.17) is 4.74 Å². The van der Waals surface area contributed by atoms with E-state index >= 15 is 0 Å². The fourth-order valence-corrected chi connectivity index (χ4v) is 3.32. The molecule has 2 rings (SSSR count). The highest BCUT2D eigenvalue weighted by molar-refractivity contribution is 7.98. The fraction of sp³-hybridized carbons (Fsp3) is 0.562. The van der Waals surface area contributed by atoms with Crippen LogP contribution < -0.4 is 5.43 Å². The van der Waals surface area contributed by atoms with Crippen LogP contribution in [0.2, 0.25) is 0 Å². The number of thioether (sulfide) groups is 1. The number of morpholine rings is 1. The molecule has 1 N–H and O–H groups in total. The normalized spacial score (nSPS) is 18.9. The number of hydrazine groups is 1. The largest absolute Gasteiger partial charge is 0.379 e. The first kappa shape index (κ1) is 16.3. The van der Waals surface area contributed by atoms with Crippen molar-refractivity contribution < 1.29 is 4.74 Å². The second-order valence-corrected chi connectivity index (χ2v) is 6.34. The molecule has 4 nitrogen and oxygen atoms in total. The predicted molar refractivity (Wildman–Crippen MR) is 86.7 cm³/mol. The second-order valence-electron chi connectivity index (χ2n) is 5.31. The van der Waals surface area contributed by atoms with Gasteiger partial charge in [0.25, 0.3) is 0 Å². The molecule has 1 fully saturated rings. The zero-order chi connectivity index (χ0) is 14.9. The van der Waals surface area contributed by atoms with Crippen LogP contribution in [0, 0.1) is 17.2 Å². The van der Waals surface area contributed by atoms with Crippen LogP contribution in [0.25, 0.3) is 0 Å². The minimum Gasteiger partial charge on any atom is -0.379 e. The van der Waals surface area contributed by atoms with E-state index in [1.807, 2.05) is 17.8 Å². The van der Waals surface area contributed by atoms with Gasteiger partial charge in [-0.1, -0.05) is 37.3 Å². The number of rotatable bonds is 7. The molecule has 0 radical (unpaired) electrons. The minimum absolute atomic E-state index is 0.133. The summed E-state index contributed by atoms with van der Waals surface area (Å²) in [4.78, 5) is 0. The third-order valence-corrected chi connectivity index (χ3v) is 4.83. The number of benzene rings is 1. The van der Waals surface area contributed by atoms with Gasteiger partial charge in [-0.05, 0) is 17.2 Å². The van der Waals surface area contributed by atoms with Gasteiger partial charge in [-0.3, -0.25) is 0 Å². The van der Waals surface area contributed by atoms with E-state index in [1.165, 1.54) is 5.56 Å². The molecule has 1 saturated heterocycles. The Morgan fingerprint density at radius 2 is 2.05 bits per heavy atom. The summed E-state index contributed by atoms with van der Waals surface area (Å²) < 4.78 is 5.32. The molecule has 0 spiro atoms. The summed E-state index contributed by atoms with van der Waals surface area (Å²) in [7, 11) is 0. The Morgan fingerprint density at radius 3 is 2.71 bits per heavy atom. The monoisotopic (exact) mass is 305 g/mol. The molecule has 0 bridgehead atoms. The number of ether oxygens (including phenoxy) is 1. The standard InChI is InChI=1S/C16H23N3OS/c1-14(12-21-13-15-5-3-2-4-6-15)16(11-17)18-19-7-9-20-10-8-19/h2-6,14,16,18H,7-10,12-13H2,1H3. The van der Waals surface area contributed by atoms with Gasteiger partial charge in [-0.25, -0.2) is 10.4 Å². The highest BCUT2D eigenvalue weighted by atomic mass is 32.2. The summed E-state index contributed by atoms with van der Waals surface area (Å²) in [6.07, 6.45) is 0. The molecule has 0 aliphatic carbocycles. The highest BCUT2D eigenvalue weighted by Gasteiger charge is 2.20. The van der Waals surface area contributed by atoms with Crippen LogP contribution in [0.15, 0.2) is 30.3 Å². The number of nitriles is 1. The lowest BCUT2D eigenvalue weighted by molar-refractivity contribution is 0.00473. The van der Waals surface area contributed by atoms with Crippen molar-refractivity contribution in [1.82, 2.24) is 10.4 Å². The van der Waals surface area contributed by atoms with Crippen molar-refractivity contribution in [2.45, 2.75) is 18.7 Å². The Kier molecular flexibility index (Phi) is 7.04. The SMILES string of the molecule is CC(CSCc1ccccc1)C(C#N)NN1CCOCC1. The maximum Gasteiger partial charge on any atom is 0.111 e. The summed E-state index contributed by atoms with van der Waals surface area (Å²) in [5.74, 6) is 2.29. The molecule has 1 aromatic rings. The van der Waals surface area contributed by atoms with Crippen LogP contribution in [-0.4, -0.2) is 43.1 Å². The molecule has 1 heterocycles. The van der Waals surface area contributed by atoms with Crippen LogP contribution in [0.3, 0.4) is 0 Å². The maximum absolute atomic E-state index is 9.36. The average molecular weight is 305 g/mol. The topological polar surface area (TPSA) is 48.3 Å². The van der Waals surface area contributed by atoms with E-state index in [9.17, 15) is 5.26 Å². The molecule has 1 aliphatic rings. The zero-order valence-electron chi connectivity index (χ0n) is 12.5. The van der Waals surface area contributed by atoms with E-state index in [0.717, 1.165) is 37.8 Å². The van der Waals surface area contributed by atoms with Gasteiger partial charge >= 0.3 is 0 Å². The van der Waals surface area contributed by atoms with Crippen molar-refractivity contribution in [3.8, 4) is 6.07 Å². The molecule has 1 aliphatic heterocycles. The zero-order valence-corrected chi connectivity index (χ0v) is 13.3. The van der Waals surface area contributed by atoms with Gasteiger partial charge in [0.15, 0.2) is 0 Å². The summed E-state index contributed by atoms with van der Waals surface area (Å²) in [5, 5.41) is 11.5. The second kappa shape index (κ2) is 9.06. The first-order valence-corrected chi connectivity index (χ1v) is 8.55. The third-order valence-electron chi connectivity index (χ3n) is 3.53. The van der Waals surface area contributed by atoms with Crippen LogP contribution in [-0.2, 0) is 10.5 Å². The Balaban J connectivity index is 1.72. The maximum atomic E-state index is 9.36. The quantitative estimate of drug-likeness (QED) is 0.837. The van der Waals surface area contributed by atoms with Crippen molar-refractivity contribution in [2.75, 3.05) is 32.1 Å². The fourth-order valence-electron chi connectivity index (χ4n) is 2.21. The van der Waals surface area contributed by atoms with Gasteiger partial charge in [-0.2, -0.15) is 17.0 Å². The molecule has 1 aromatic carbocycles. The van der Waals surface area contributed by atoms with Crippen LogP contribution in [0.4, 0.5) is 0 Å². The van der Waals surface area contributed by atoms with E-state index in [0.29, 0.717) is 5.92 Å². The summed E-state index contributed by atoms with van der Waals surface area (Å²) >= 11 is 1.89. The Morgan fingerprint density at radius 1 is 1.33 bits per heavy atom. The van der Waals surface area contributed by atoms with Gasteiger partial charge in [-0.15, -0.1) is 0 Å². The van der Waals surface area contributed by atoms with Crippen molar-refractivity contribution in [3.63, 3.8) is 0 Å². The molecule has 2 unspecified atom stereocenters. The molecule has 2 atom stereocenters. The molecule has 0 saturated carbocycles. The van der Waals surface area contributed by atoms with E-state index in [1.54, 1.807) is 0 Å². The smallest absolute Gasteiger partial charge is 0.111 e. The van der Waals surface area contributed by atoms with Crippen molar-refractivity contribution in [3.05, 3.63) is 35.9 Å². The minimum atomic E-state index is -0.133. The van der Waals surface area contributed by atoms with Crippen LogP contribution >= 0.6 is 11.8 Å². The highest BCUT2D eigenvalue weighted by Crippen LogP contribution is 2.17. The number of nitrogens with zero attached hydrogens (tertiary/aromatic N) is 2. The first-order chi connectivity index (χ1) is 10.3. The molecule has 0 amide bonds. The van der Waals surface area contributed by atoms with E-state index in [2.05, 4.69) is 47.7 Å². The van der Waals surface area contributed by atoms with Crippen molar-refractivity contribution in [2.24, 2.45) is 5.92 Å². The predicted octanol–water partition coefficient (Wildman–Crippen LogP) is 2.28. The molecular weight excluding hydrogens is 282 g/mol. The van der Waals surface area contributed by atoms with Gasteiger partial charge in [0.05, 0.1) is 19.3 Å². The Labute approximate surface area is 131 Å². The molecule has 114 valence electrons. The van der Waals surface area contributed by atoms with Crippen LogP contribution in [0.1, 0.15) is 12.5 Å². The van der Waals surface area contributed by atoms with Gasteiger partial charge < -0.3 is 4.74 Å². The number of hydrogen-bond donors (Lipinski definition) is 1. The van der Waals surface area contributed by atoms with E-state index in [-0.39, 0.29) is 6.04 Å². The first-order valence-electron chi connectivity index (χ1n) is 7.39. The molecule has 21 heavy (non-hydrogen) atoms. The lowest BCUT2D eigenvalue weighted by Crippen LogP contribution is -2.51. The average Bonchev–Trinajstić information content (AvgIpc) is 2.54. The third kappa shape index (κ3) is 5.68. The molecular formula is C16H23N3OS. The van der Waals surface area contributed by atoms with Gasteiger partial charge in [0.1, 0.15) is 6.04 Å². The van der Waals surface area contributed by atoms with Crippen LogP contribution in [0.5, 0.6) is 0 Å². The number of nitrogens with one attached hydrogen (secondary N) is 1. The molecule has 5 heteroatoms. The molecule has 0 aromatic heterocycles. The van der Waals surface area contributed by atoms with Crippen molar-refractivity contribution >= 4 is 11.8 Å². The summed E-state index contributed by atoms with van der Waals surface area (Å²) in [6, 6.07) is 12.7. The lowest BCUT2D eigenvalue weighted by Gasteiger charge is -2.31. The van der Waals surface area contributed by atoms with Crippen molar-refractivity contribution in [1.29, 1.82) is 5.26 Å². The van der Waals surface area contributed by atoms with Gasteiger partial charge in [0.2, 0.25) is 0 Å². The lowest BCUT2D eigenvalue weighted by atomic mass is 10.1. The van der Waals surface area contributed by atoms with E-state index < -0.39 is 0 Å².